The molecule has 3 heterocycles. The predicted octanol–water partition coefficient (Wildman–Crippen LogP) is 2.74. The molecule has 1 amide bonds. The van der Waals surface area contributed by atoms with Gasteiger partial charge in [0.15, 0.2) is 11.6 Å². The molecule has 4 rings (SSSR count). The van der Waals surface area contributed by atoms with Gasteiger partial charge in [0, 0.05) is 18.7 Å². The fourth-order valence-electron chi connectivity index (χ4n) is 3.42. The SMILES string of the molecule is CC1=NCC(c2nnc3n2CCN(C(=O)c2ccc(C(F)(F)F)cc2)[C@@H]3C)=N1. The highest BCUT2D eigenvalue weighted by Crippen LogP contribution is 2.30. The number of nitrogens with zero attached hydrogens (tertiary/aromatic N) is 6. The van der Waals surface area contributed by atoms with Crippen LogP contribution >= 0.6 is 0 Å². The smallest absolute Gasteiger partial charge is 0.327 e. The minimum Gasteiger partial charge on any atom is -0.327 e. The first-order valence-electron chi connectivity index (χ1n) is 8.76. The van der Waals surface area contributed by atoms with Crippen molar-refractivity contribution >= 4 is 17.5 Å². The third-order valence-corrected chi connectivity index (χ3v) is 4.92. The third-order valence-electron chi connectivity index (χ3n) is 4.92. The summed E-state index contributed by atoms with van der Waals surface area (Å²) in [5.41, 5.74) is 0.165. The van der Waals surface area contributed by atoms with Gasteiger partial charge in [-0.2, -0.15) is 13.2 Å². The minimum absolute atomic E-state index is 0.206. The summed E-state index contributed by atoms with van der Waals surface area (Å²) in [5, 5.41) is 8.43. The van der Waals surface area contributed by atoms with Crippen molar-refractivity contribution < 1.29 is 18.0 Å². The normalized spacial score (nSPS) is 19.3. The fraction of sp³-hybridized carbons (Fsp3) is 0.389. The lowest BCUT2D eigenvalue weighted by atomic mass is 10.1. The molecular formula is C18H17F3N6O. The second-order valence-electron chi connectivity index (χ2n) is 6.71. The number of carbonyl (C=O) groups is 1. The molecule has 146 valence electrons. The van der Waals surface area contributed by atoms with Crippen LogP contribution in [0.25, 0.3) is 0 Å². The van der Waals surface area contributed by atoms with E-state index >= 15 is 0 Å². The zero-order valence-electron chi connectivity index (χ0n) is 15.2. The van der Waals surface area contributed by atoms with Gasteiger partial charge < -0.3 is 9.47 Å². The molecule has 1 atom stereocenters. The Labute approximate surface area is 158 Å². The maximum absolute atomic E-state index is 12.8. The van der Waals surface area contributed by atoms with Gasteiger partial charge in [-0.3, -0.25) is 9.79 Å². The summed E-state index contributed by atoms with van der Waals surface area (Å²) < 4.78 is 40.1. The Morgan fingerprint density at radius 2 is 1.86 bits per heavy atom. The third kappa shape index (κ3) is 3.08. The van der Waals surface area contributed by atoms with Crippen LogP contribution in [0.1, 0.15) is 47.5 Å². The molecule has 0 fully saturated rings. The Bertz CT molecular complexity index is 990. The zero-order chi connectivity index (χ0) is 20.1. The number of aliphatic imine (C=N–C) groups is 2. The standard InChI is InChI=1S/C18H17F3N6O/c1-10-15-24-25-16(14-9-22-11(2)23-14)27(15)8-7-26(10)17(28)12-3-5-13(6-4-12)18(19,20)21/h3-6,10H,7-9H2,1-2H3/t10-/m1/s1. The molecule has 0 unspecified atom stereocenters. The number of rotatable bonds is 2. The number of halogens is 3. The van der Waals surface area contributed by atoms with E-state index in [1.807, 2.05) is 18.4 Å². The van der Waals surface area contributed by atoms with Gasteiger partial charge in [0.05, 0.1) is 18.2 Å². The molecule has 1 aromatic carbocycles. The maximum atomic E-state index is 12.8. The summed E-state index contributed by atoms with van der Waals surface area (Å²) in [6, 6.07) is 3.88. The maximum Gasteiger partial charge on any atom is 0.416 e. The molecule has 0 bridgehead atoms. The average molecular weight is 390 g/mol. The molecule has 0 spiro atoms. The Balaban J connectivity index is 1.56. The molecule has 7 nitrogen and oxygen atoms in total. The summed E-state index contributed by atoms with van der Waals surface area (Å²) in [4.78, 5) is 23.0. The number of hydrogen-bond donors (Lipinski definition) is 0. The van der Waals surface area contributed by atoms with Crippen LogP contribution in [0.4, 0.5) is 13.2 Å². The first-order valence-corrected chi connectivity index (χ1v) is 8.76. The van der Waals surface area contributed by atoms with Gasteiger partial charge in [-0.15, -0.1) is 10.2 Å². The van der Waals surface area contributed by atoms with Crippen LogP contribution in [0, 0.1) is 0 Å². The van der Waals surface area contributed by atoms with Crippen molar-refractivity contribution in [1.29, 1.82) is 0 Å². The number of fused-ring (bicyclic) bond motifs is 1. The lowest BCUT2D eigenvalue weighted by Gasteiger charge is -2.33. The fourth-order valence-corrected chi connectivity index (χ4v) is 3.42. The van der Waals surface area contributed by atoms with Crippen molar-refractivity contribution in [2.75, 3.05) is 13.1 Å². The van der Waals surface area contributed by atoms with Gasteiger partial charge in [-0.1, -0.05) is 0 Å². The topological polar surface area (TPSA) is 75.7 Å². The number of benzene rings is 1. The molecule has 0 radical (unpaired) electrons. The average Bonchev–Trinajstić information content (AvgIpc) is 3.27. The van der Waals surface area contributed by atoms with Crippen LogP contribution in [0.15, 0.2) is 34.3 Å². The Morgan fingerprint density at radius 3 is 2.46 bits per heavy atom. The Hall–Kier alpha value is -3.04. The van der Waals surface area contributed by atoms with E-state index in [1.54, 1.807) is 4.90 Å². The van der Waals surface area contributed by atoms with Gasteiger partial charge >= 0.3 is 6.18 Å². The lowest BCUT2D eigenvalue weighted by Crippen LogP contribution is -2.41. The van der Waals surface area contributed by atoms with Crippen LogP contribution in [0.5, 0.6) is 0 Å². The highest BCUT2D eigenvalue weighted by atomic mass is 19.4. The summed E-state index contributed by atoms with van der Waals surface area (Å²) in [7, 11) is 0. The van der Waals surface area contributed by atoms with Crippen molar-refractivity contribution in [2.45, 2.75) is 32.6 Å². The summed E-state index contributed by atoms with van der Waals surface area (Å²) >= 11 is 0. The molecule has 1 aromatic heterocycles. The minimum atomic E-state index is -4.43. The van der Waals surface area contributed by atoms with E-state index in [0.717, 1.165) is 17.8 Å². The second-order valence-corrected chi connectivity index (χ2v) is 6.71. The molecule has 2 aromatic rings. The van der Waals surface area contributed by atoms with E-state index in [0.29, 0.717) is 37.1 Å². The molecular weight excluding hydrogens is 373 g/mol. The van der Waals surface area contributed by atoms with Crippen LogP contribution in [-0.4, -0.2) is 50.2 Å². The first-order chi connectivity index (χ1) is 13.3. The van der Waals surface area contributed by atoms with E-state index < -0.39 is 11.7 Å². The van der Waals surface area contributed by atoms with Crippen LogP contribution in [0.2, 0.25) is 0 Å². The summed E-state index contributed by atoms with van der Waals surface area (Å²) in [5.74, 6) is 1.61. The van der Waals surface area contributed by atoms with Crippen molar-refractivity contribution in [2.24, 2.45) is 9.98 Å². The molecule has 0 saturated carbocycles. The highest BCUT2D eigenvalue weighted by molar-refractivity contribution is 6.10. The van der Waals surface area contributed by atoms with Crippen molar-refractivity contribution in [3.05, 3.63) is 47.0 Å². The van der Waals surface area contributed by atoms with Crippen LogP contribution in [0.3, 0.4) is 0 Å². The van der Waals surface area contributed by atoms with Crippen molar-refractivity contribution in [1.82, 2.24) is 19.7 Å². The first kappa shape index (κ1) is 18.3. The van der Waals surface area contributed by atoms with E-state index in [-0.39, 0.29) is 17.5 Å². The molecule has 0 aliphatic carbocycles. The molecule has 2 aliphatic rings. The monoisotopic (exact) mass is 390 g/mol. The largest absolute Gasteiger partial charge is 0.416 e. The molecule has 28 heavy (non-hydrogen) atoms. The van der Waals surface area contributed by atoms with Crippen molar-refractivity contribution in [3.8, 4) is 0 Å². The van der Waals surface area contributed by atoms with Gasteiger partial charge in [-0.05, 0) is 38.1 Å². The number of carbonyl (C=O) groups excluding carboxylic acids is 1. The van der Waals surface area contributed by atoms with Crippen molar-refractivity contribution in [3.63, 3.8) is 0 Å². The number of amides is 1. The number of aromatic nitrogens is 3. The van der Waals surface area contributed by atoms with Gasteiger partial charge in [-0.25, -0.2) is 4.99 Å². The van der Waals surface area contributed by atoms with E-state index in [2.05, 4.69) is 20.2 Å². The predicted molar refractivity (Wildman–Crippen MR) is 95.4 cm³/mol. The molecule has 0 N–H and O–H groups in total. The quantitative estimate of drug-likeness (QED) is 0.791. The second kappa shape index (κ2) is 6.54. The Morgan fingerprint density at radius 1 is 1.14 bits per heavy atom. The lowest BCUT2D eigenvalue weighted by molar-refractivity contribution is -0.137. The van der Waals surface area contributed by atoms with Gasteiger partial charge in [0.1, 0.15) is 11.5 Å². The molecule has 0 saturated heterocycles. The number of amidine groups is 1. The van der Waals surface area contributed by atoms with E-state index in [9.17, 15) is 18.0 Å². The van der Waals surface area contributed by atoms with Crippen LogP contribution in [-0.2, 0) is 12.7 Å². The van der Waals surface area contributed by atoms with E-state index in [1.165, 1.54) is 12.1 Å². The number of alkyl halides is 3. The summed E-state index contributed by atoms with van der Waals surface area (Å²) in [6.07, 6.45) is -4.43. The zero-order valence-corrected chi connectivity index (χ0v) is 15.2. The van der Waals surface area contributed by atoms with Gasteiger partial charge in [0.25, 0.3) is 5.91 Å². The summed E-state index contributed by atoms with van der Waals surface area (Å²) in [6.45, 7) is 4.96. The highest BCUT2D eigenvalue weighted by Gasteiger charge is 2.34. The molecule has 2 aliphatic heterocycles. The van der Waals surface area contributed by atoms with Crippen LogP contribution < -0.4 is 0 Å². The van der Waals surface area contributed by atoms with Gasteiger partial charge in [0.2, 0.25) is 0 Å². The Kier molecular flexibility index (Phi) is 4.28. The molecule has 10 heteroatoms. The number of hydrogen-bond acceptors (Lipinski definition) is 5. The van der Waals surface area contributed by atoms with E-state index in [4.69, 9.17) is 0 Å².